The Labute approximate surface area is 193 Å². The van der Waals surface area contributed by atoms with E-state index in [1.54, 1.807) is 30.5 Å². The van der Waals surface area contributed by atoms with Gasteiger partial charge in [-0.05, 0) is 47.5 Å². The molecule has 0 unspecified atom stereocenters. The Bertz CT molecular complexity index is 1340. The first-order valence-electron chi connectivity index (χ1n) is 10.5. The molecule has 0 atom stereocenters. The normalized spacial score (nSPS) is 11.3. The molecule has 0 aliphatic carbocycles. The van der Waals surface area contributed by atoms with Crippen LogP contribution >= 0.6 is 0 Å². The van der Waals surface area contributed by atoms with Crippen LogP contribution in [0.25, 0.3) is 22.0 Å². The number of nitrogens with zero attached hydrogens (tertiary/aromatic N) is 1. The van der Waals surface area contributed by atoms with Crippen LogP contribution in [0.5, 0.6) is 0 Å². The van der Waals surface area contributed by atoms with E-state index < -0.39 is 23.6 Å². The van der Waals surface area contributed by atoms with Gasteiger partial charge < -0.3 is 10.6 Å². The van der Waals surface area contributed by atoms with Crippen LogP contribution in [0, 0.1) is 0 Å². The van der Waals surface area contributed by atoms with Crippen molar-refractivity contribution in [1.29, 1.82) is 0 Å². The molecule has 3 aromatic carbocycles. The van der Waals surface area contributed by atoms with Crippen molar-refractivity contribution in [1.82, 2.24) is 15.6 Å². The van der Waals surface area contributed by atoms with Crippen LogP contribution in [-0.4, -0.2) is 23.3 Å². The number of para-hydroxylation sites is 1. The van der Waals surface area contributed by atoms with E-state index in [0.717, 1.165) is 34.2 Å². The second kappa shape index (κ2) is 9.74. The quantitative estimate of drug-likeness (QED) is 0.424. The topological polar surface area (TPSA) is 71.1 Å². The molecule has 34 heavy (non-hydrogen) atoms. The highest BCUT2D eigenvalue weighted by Gasteiger charge is 2.30. The average molecular weight is 463 g/mol. The molecule has 4 rings (SSSR count). The Morgan fingerprint density at radius 2 is 1.59 bits per heavy atom. The van der Waals surface area contributed by atoms with Crippen molar-refractivity contribution in [3.05, 3.63) is 102 Å². The van der Waals surface area contributed by atoms with E-state index in [2.05, 4.69) is 15.6 Å². The van der Waals surface area contributed by atoms with Crippen molar-refractivity contribution in [3.63, 3.8) is 0 Å². The zero-order valence-electron chi connectivity index (χ0n) is 17.9. The lowest BCUT2D eigenvalue weighted by Crippen LogP contribution is -2.36. The summed E-state index contributed by atoms with van der Waals surface area (Å²) in [6.07, 6.45) is -2.68. The van der Waals surface area contributed by atoms with Gasteiger partial charge in [0.25, 0.3) is 5.91 Å². The Hall–Kier alpha value is -4.20. The highest BCUT2D eigenvalue weighted by molar-refractivity contribution is 5.97. The maximum Gasteiger partial charge on any atom is 0.416 e. The SMILES string of the molecule is O=C(CNC(=O)c1ccc(-c2cnc3ccccc3c2)cc1)NCc1cccc(C(F)(F)F)c1. The van der Waals surface area contributed by atoms with Gasteiger partial charge in [-0.25, -0.2) is 0 Å². The van der Waals surface area contributed by atoms with Crippen LogP contribution < -0.4 is 10.6 Å². The molecule has 1 aromatic heterocycles. The number of fused-ring (bicyclic) bond motifs is 1. The van der Waals surface area contributed by atoms with Gasteiger partial charge in [-0.2, -0.15) is 13.2 Å². The van der Waals surface area contributed by atoms with Crippen molar-refractivity contribution in [2.45, 2.75) is 12.7 Å². The minimum absolute atomic E-state index is 0.0763. The van der Waals surface area contributed by atoms with Crippen molar-refractivity contribution < 1.29 is 22.8 Å². The molecule has 0 fully saturated rings. The smallest absolute Gasteiger partial charge is 0.350 e. The molecule has 0 aliphatic heterocycles. The molecule has 0 spiro atoms. The number of benzene rings is 3. The zero-order valence-corrected chi connectivity index (χ0v) is 17.9. The molecule has 2 N–H and O–H groups in total. The number of nitrogens with one attached hydrogen (secondary N) is 2. The Morgan fingerprint density at radius 1 is 0.824 bits per heavy atom. The predicted octanol–water partition coefficient (Wildman–Crippen LogP) is 4.97. The standard InChI is InChI=1S/C26H20F3N3O2/c27-26(28,29)22-6-3-4-17(12-22)14-31-24(33)16-32-25(34)19-10-8-18(9-11-19)21-13-20-5-1-2-7-23(20)30-15-21/h1-13,15H,14,16H2,(H,31,33)(H,32,34). The van der Waals surface area contributed by atoms with Gasteiger partial charge in [0.2, 0.25) is 5.91 Å². The summed E-state index contributed by atoms with van der Waals surface area (Å²) in [5.41, 5.74) is 2.62. The number of carbonyl (C=O) groups is 2. The summed E-state index contributed by atoms with van der Waals surface area (Å²) in [6.45, 7) is -0.374. The molecular weight excluding hydrogens is 443 g/mol. The number of hydrogen-bond acceptors (Lipinski definition) is 3. The van der Waals surface area contributed by atoms with Crippen LogP contribution in [0.3, 0.4) is 0 Å². The molecule has 0 bridgehead atoms. The Kier molecular flexibility index (Phi) is 6.58. The van der Waals surface area contributed by atoms with Crippen molar-refractivity contribution in [2.24, 2.45) is 0 Å². The maximum absolute atomic E-state index is 12.8. The summed E-state index contributed by atoms with van der Waals surface area (Å²) in [7, 11) is 0. The Balaban J connectivity index is 1.31. The average Bonchev–Trinajstić information content (AvgIpc) is 2.85. The lowest BCUT2D eigenvalue weighted by Gasteiger charge is -2.10. The molecule has 2 amide bonds. The summed E-state index contributed by atoms with van der Waals surface area (Å²) in [6, 6.07) is 21.4. The highest BCUT2D eigenvalue weighted by Crippen LogP contribution is 2.29. The molecule has 0 saturated carbocycles. The summed E-state index contributed by atoms with van der Waals surface area (Å²) in [4.78, 5) is 28.8. The first kappa shape index (κ1) is 23.0. The minimum atomic E-state index is -4.45. The zero-order chi connectivity index (χ0) is 24.1. The van der Waals surface area contributed by atoms with Crippen molar-refractivity contribution in [2.75, 3.05) is 6.54 Å². The summed E-state index contributed by atoms with van der Waals surface area (Å²) >= 11 is 0. The van der Waals surface area contributed by atoms with E-state index in [1.807, 2.05) is 30.3 Å². The molecule has 4 aromatic rings. The highest BCUT2D eigenvalue weighted by atomic mass is 19.4. The molecular formula is C26H20F3N3O2. The third-order valence-electron chi connectivity index (χ3n) is 5.22. The van der Waals surface area contributed by atoms with Gasteiger partial charge in [-0.1, -0.05) is 42.5 Å². The number of halogens is 3. The minimum Gasteiger partial charge on any atom is -0.350 e. The lowest BCUT2D eigenvalue weighted by molar-refractivity contribution is -0.137. The van der Waals surface area contributed by atoms with Crippen molar-refractivity contribution >= 4 is 22.7 Å². The third kappa shape index (κ3) is 5.58. The van der Waals surface area contributed by atoms with E-state index in [1.165, 1.54) is 12.1 Å². The summed E-state index contributed by atoms with van der Waals surface area (Å²) in [5.74, 6) is -0.943. The molecule has 5 nitrogen and oxygen atoms in total. The van der Waals surface area contributed by atoms with Crippen LogP contribution in [-0.2, 0) is 17.5 Å². The first-order chi connectivity index (χ1) is 16.3. The van der Waals surface area contributed by atoms with E-state index >= 15 is 0 Å². The first-order valence-corrected chi connectivity index (χ1v) is 10.5. The summed E-state index contributed by atoms with van der Waals surface area (Å²) in [5, 5.41) is 6.02. The molecule has 1 heterocycles. The van der Waals surface area contributed by atoms with E-state index in [9.17, 15) is 22.8 Å². The molecule has 0 radical (unpaired) electrons. The van der Waals surface area contributed by atoms with Crippen LogP contribution in [0.15, 0.2) is 85.1 Å². The molecule has 172 valence electrons. The second-order valence-electron chi connectivity index (χ2n) is 7.65. The fraction of sp³-hybridized carbons (Fsp3) is 0.115. The number of amides is 2. The van der Waals surface area contributed by atoms with Gasteiger partial charge in [-0.3, -0.25) is 14.6 Å². The monoisotopic (exact) mass is 463 g/mol. The number of alkyl halides is 3. The predicted molar refractivity (Wildman–Crippen MR) is 123 cm³/mol. The Morgan fingerprint density at radius 3 is 2.35 bits per heavy atom. The van der Waals surface area contributed by atoms with Crippen LogP contribution in [0.4, 0.5) is 13.2 Å². The number of rotatable bonds is 6. The van der Waals surface area contributed by atoms with Gasteiger partial charge >= 0.3 is 6.18 Å². The van der Waals surface area contributed by atoms with Gasteiger partial charge in [-0.15, -0.1) is 0 Å². The molecule has 0 aliphatic rings. The molecule has 0 saturated heterocycles. The number of aromatic nitrogens is 1. The van der Waals surface area contributed by atoms with Crippen molar-refractivity contribution in [3.8, 4) is 11.1 Å². The fourth-order valence-corrected chi connectivity index (χ4v) is 3.43. The van der Waals surface area contributed by atoms with E-state index in [-0.39, 0.29) is 13.1 Å². The summed E-state index contributed by atoms with van der Waals surface area (Å²) < 4.78 is 38.3. The van der Waals surface area contributed by atoms with Gasteiger partial charge in [0.05, 0.1) is 17.6 Å². The third-order valence-corrected chi connectivity index (χ3v) is 5.22. The fourth-order valence-electron chi connectivity index (χ4n) is 3.43. The maximum atomic E-state index is 12.8. The number of carbonyl (C=O) groups excluding carboxylic acids is 2. The largest absolute Gasteiger partial charge is 0.416 e. The van der Waals surface area contributed by atoms with E-state index in [4.69, 9.17) is 0 Å². The van der Waals surface area contributed by atoms with Gasteiger partial charge in [0.15, 0.2) is 0 Å². The number of pyridine rings is 1. The molecule has 8 heteroatoms. The second-order valence-corrected chi connectivity index (χ2v) is 7.65. The van der Waals surface area contributed by atoms with E-state index in [0.29, 0.717) is 11.1 Å². The van der Waals surface area contributed by atoms with Crippen LogP contribution in [0.1, 0.15) is 21.5 Å². The lowest BCUT2D eigenvalue weighted by atomic mass is 10.0. The van der Waals surface area contributed by atoms with Gasteiger partial charge in [0, 0.05) is 29.3 Å². The van der Waals surface area contributed by atoms with Crippen LogP contribution in [0.2, 0.25) is 0 Å². The number of hydrogen-bond donors (Lipinski definition) is 2. The van der Waals surface area contributed by atoms with Gasteiger partial charge in [0.1, 0.15) is 0 Å².